The van der Waals surface area contributed by atoms with E-state index in [1.54, 1.807) is 83.1 Å². The Balaban J connectivity index is 6.19. The van der Waals surface area contributed by atoms with Gasteiger partial charge in [-0.2, -0.15) is 0 Å². The number of ether oxygens (including phenoxy) is 4. The Bertz CT molecular complexity index is 1040. The number of hydrogen-bond donors (Lipinski definition) is 2. The molecule has 2 amide bonds. The van der Waals surface area contributed by atoms with Gasteiger partial charge in [-0.1, -0.05) is 31.8 Å². The number of nitrogens with one attached hydrogen (secondary N) is 2. The predicted molar refractivity (Wildman–Crippen MR) is 178 cm³/mol. The maximum absolute atomic E-state index is 13.1. The standard InChI is InChI=1S/C28H50N8O8S2/c1-25(2,3)41-21(37)19(33-23(39)43-27(7,8)9)13-17(15-31-35-29)45-46-18(16-32-36-30)14-20(22(38)42-26(4,5)6)34-24(40)44-28(10,11)12/h17-20H,13-16H2,1-12H3,(H,33,39)(H,34,40)/t17?,18?,19-,20-/m0/s1. The van der Waals surface area contributed by atoms with Crippen molar-refractivity contribution in [1.29, 1.82) is 0 Å². The second-order valence-corrected chi connectivity index (χ2v) is 17.1. The first-order valence-corrected chi connectivity index (χ1v) is 16.9. The Hall–Kier alpha value is -3.20. The van der Waals surface area contributed by atoms with Gasteiger partial charge < -0.3 is 29.6 Å². The number of carbonyl (C=O) groups is 4. The first-order chi connectivity index (χ1) is 20.8. The maximum Gasteiger partial charge on any atom is 0.408 e. The van der Waals surface area contributed by atoms with E-state index in [0.717, 1.165) is 0 Å². The molecule has 0 spiro atoms. The van der Waals surface area contributed by atoms with Crippen molar-refractivity contribution in [1.82, 2.24) is 10.6 Å². The molecule has 0 radical (unpaired) electrons. The first-order valence-electron chi connectivity index (χ1n) is 14.6. The summed E-state index contributed by atoms with van der Waals surface area (Å²) < 4.78 is 21.7. The smallest absolute Gasteiger partial charge is 0.408 e. The molecule has 0 saturated heterocycles. The predicted octanol–water partition coefficient (Wildman–Crippen LogP) is 6.98. The maximum atomic E-state index is 13.1. The summed E-state index contributed by atoms with van der Waals surface area (Å²) in [4.78, 5) is 57.1. The van der Waals surface area contributed by atoms with E-state index in [9.17, 15) is 19.2 Å². The Labute approximate surface area is 279 Å². The van der Waals surface area contributed by atoms with Crippen molar-refractivity contribution >= 4 is 45.7 Å². The van der Waals surface area contributed by atoms with Crippen LogP contribution in [0.5, 0.6) is 0 Å². The summed E-state index contributed by atoms with van der Waals surface area (Å²) in [5.74, 6) is -1.43. The quantitative estimate of drug-likeness (QED) is 0.0447. The number of azide groups is 2. The highest BCUT2D eigenvalue weighted by molar-refractivity contribution is 8.77. The van der Waals surface area contributed by atoms with Crippen LogP contribution < -0.4 is 10.6 Å². The fourth-order valence-electron chi connectivity index (χ4n) is 3.30. The number of alkyl carbamates (subject to hydrolysis) is 2. The number of esters is 2. The van der Waals surface area contributed by atoms with Crippen LogP contribution in [0.2, 0.25) is 0 Å². The molecular weight excluding hydrogens is 640 g/mol. The lowest BCUT2D eigenvalue weighted by Crippen LogP contribution is -2.47. The molecule has 0 aromatic carbocycles. The topological polar surface area (TPSA) is 227 Å². The highest BCUT2D eigenvalue weighted by Gasteiger charge is 2.34. The van der Waals surface area contributed by atoms with Crippen LogP contribution in [0.4, 0.5) is 9.59 Å². The summed E-state index contributed by atoms with van der Waals surface area (Å²) >= 11 is 0. The van der Waals surface area contributed by atoms with E-state index in [2.05, 4.69) is 30.7 Å². The van der Waals surface area contributed by atoms with Crippen LogP contribution in [0.25, 0.3) is 20.9 Å². The van der Waals surface area contributed by atoms with Gasteiger partial charge in [0.2, 0.25) is 0 Å². The third kappa shape index (κ3) is 22.3. The minimum absolute atomic E-state index is 0.0231. The Kier molecular flexibility index (Phi) is 17.5. The van der Waals surface area contributed by atoms with E-state index in [1.807, 2.05) is 0 Å². The zero-order valence-electron chi connectivity index (χ0n) is 28.9. The molecule has 2 N–H and O–H groups in total. The van der Waals surface area contributed by atoms with E-state index < -0.39 is 69.1 Å². The first kappa shape index (κ1) is 42.8. The monoisotopic (exact) mass is 690 g/mol. The Morgan fingerprint density at radius 3 is 1.11 bits per heavy atom. The van der Waals surface area contributed by atoms with Crippen LogP contribution in [-0.4, -0.2) is 82.2 Å². The summed E-state index contributed by atoms with van der Waals surface area (Å²) in [7, 11) is 2.38. The molecule has 16 nitrogen and oxygen atoms in total. The second kappa shape index (κ2) is 18.8. The van der Waals surface area contributed by atoms with Gasteiger partial charge in [0.1, 0.15) is 34.5 Å². The lowest BCUT2D eigenvalue weighted by Gasteiger charge is -2.29. The van der Waals surface area contributed by atoms with Crippen molar-refractivity contribution in [2.24, 2.45) is 10.2 Å². The number of carbonyl (C=O) groups excluding carboxylic acids is 4. The van der Waals surface area contributed by atoms with Crippen molar-refractivity contribution in [2.75, 3.05) is 13.1 Å². The minimum atomic E-state index is -1.17. The van der Waals surface area contributed by atoms with Crippen molar-refractivity contribution in [3.8, 4) is 0 Å². The number of rotatable bonds is 15. The molecule has 262 valence electrons. The third-order valence-corrected chi connectivity index (χ3v) is 8.09. The van der Waals surface area contributed by atoms with Gasteiger partial charge in [0, 0.05) is 33.4 Å². The average molecular weight is 691 g/mol. The Morgan fingerprint density at radius 2 is 0.870 bits per heavy atom. The van der Waals surface area contributed by atoms with Gasteiger partial charge in [-0.15, -0.1) is 0 Å². The molecule has 0 aliphatic rings. The molecule has 0 aromatic heterocycles. The van der Waals surface area contributed by atoms with E-state index in [1.165, 1.54) is 21.6 Å². The minimum Gasteiger partial charge on any atom is -0.458 e. The van der Waals surface area contributed by atoms with Crippen molar-refractivity contribution in [3.05, 3.63) is 20.9 Å². The second-order valence-electron chi connectivity index (χ2n) is 14.2. The summed E-state index contributed by atoms with van der Waals surface area (Å²) in [6.45, 7) is 20.0. The molecular formula is C28H50N8O8S2. The van der Waals surface area contributed by atoms with E-state index in [0.29, 0.717) is 0 Å². The van der Waals surface area contributed by atoms with Crippen LogP contribution >= 0.6 is 21.6 Å². The average Bonchev–Trinajstić information content (AvgIpc) is 2.82. The fourth-order valence-corrected chi connectivity index (χ4v) is 6.19. The van der Waals surface area contributed by atoms with Crippen molar-refractivity contribution < 1.29 is 38.1 Å². The third-order valence-electron chi connectivity index (χ3n) is 4.79. The normalized spacial score (nSPS) is 14.6. The van der Waals surface area contributed by atoms with Crippen LogP contribution in [0, 0.1) is 0 Å². The molecule has 18 heteroatoms. The zero-order chi connectivity index (χ0) is 35.9. The van der Waals surface area contributed by atoms with Gasteiger partial charge in [-0.05, 0) is 107 Å². The largest absolute Gasteiger partial charge is 0.458 e. The number of nitrogens with zero attached hydrogens (tertiary/aromatic N) is 6. The molecule has 4 atom stereocenters. The molecule has 0 aromatic rings. The summed E-state index contributed by atoms with van der Waals surface area (Å²) in [5, 5.41) is 11.3. The summed E-state index contributed by atoms with van der Waals surface area (Å²) in [5.41, 5.74) is 14.7. The molecule has 0 aliphatic carbocycles. The fraction of sp³-hybridized carbons (Fsp3) is 0.857. The number of hydrogen-bond acceptors (Lipinski definition) is 12. The van der Waals surface area contributed by atoms with Crippen LogP contribution in [0.3, 0.4) is 0 Å². The number of amides is 2. The summed E-state index contributed by atoms with van der Waals surface area (Å²) in [6.07, 6.45) is -1.72. The molecule has 0 bridgehead atoms. The molecule has 0 rings (SSSR count). The lowest BCUT2D eigenvalue weighted by atomic mass is 10.1. The SMILES string of the molecule is CC(C)(C)OC(=O)N[C@@H](CC(CN=[N+]=[N-])SSC(CN=[N+]=[N-])C[C@H](NC(=O)OC(C)(C)C)C(=O)OC(C)(C)C)C(=O)OC(C)(C)C. The van der Waals surface area contributed by atoms with E-state index in [-0.39, 0.29) is 25.9 Å². The van der Waals surface area contributed by atoms with E-state index in [4.69, 9.17) is 30.0 Å². The Morgan fingerprint density at radius 1 is 0.587 bits per heavy atom. The highest BCUT2D eigenvalue weighted by Crippen LogP contribution is 2.36. The van der Waals surface area contributed by atoms with Gasteiger partial charge in [-0.3, -0.25) is 0 Å². The van der Waals surface area contributed by atoms with Gasteiger partial charge in [0.15, 0.2) is 0 Å². The van der Waals surface area contributed by atoms with Crippen LogP contribution in [-0.2, 0) is 28.5 Å². The van der Waals surface area contributed by atoms with Gasteiger partial charge in [0.25, 0.3) is 0 Å². The molecule has 0 aliphatic heterocycles. The highest BCUT2D eigenvalue weighted by atomic mass is 33.1. The van der Waals surface area contributed by atoms with Gasteiger partial charge in [0.05, 0.1) is 0 Å². The molecule has 46 heavy (non-hydrogen) atoms. The molecule has 0 fully saturated rings. The molecule has 2 unspecified atom stereocenters. The van der Waals surface area contributed by atoms with Crippen LogP contribution in [0.15, 0.2) is 10.2 Å². The van der Waals surface area contributed by atoms with Gasteiger partial charge in [-0.25, -0.2) is 19.2 Å². The van der Waals surface area contributed by atoms with E-state index >= 15 is 0 Å². The van der Waals surface area contributed by atoms with Crippen LogP contribution in [0.1, 0.15) is 95.9 Å². The summed E-state index contributed by atoms with van der Waals surface area (Å²) in [6, 6.07) is -2.33. The molecule has 0 saturated carbocycles. The molecule has 0 heterocycles. The zero-order valence-corrected chi connectivity index (χ0v) is 30.5. The van der Waals surface area contributed by atoms with Crippen molar-refractivity contribution in [3.63, 3.8) is 0 Å². The lowest BCUT2D eigenvalue weighted by molar-refractivity contribution is -0.158. The van der Waals surface area contributed by atoms with Crippen molar-refractivity contribution in [2.45, 2.75) is 141 Å². The van der Waals surface area contributed by atoms with Gasteiger partial charge >= 0.3 is 24.1 Å².